The highest BCUT2D eigenvalue weighted by molar-refractivity contribution is 6.30. The van der Waals surface area contributed by atoms with E-state index in [0.717, 1.165) is 5.56 Å². The maximum absolute atomic E-state index is 13.1. The minimum atomic E-state index is -0.835. The lowest BCUT2D eigenvalue weighted by Gasteiger charge is -2.18. The zero-order valence-electron chi connectivity index (χ0n) is 13.9. The number of carbonyl (C=O) groups is 1. The van der Waals surface area contributed by atoms with Crippen LogP contribution in [-0.2, 0) is 0 Å². The molecule has 0 saturated carbocycles. The third-order valence-corrected chi connectivity index (χ3v) is 4.74. The Morgan fingerprint density at radius 1 is 1.04 bits per heavy atom. The van der Waals surface area contributed by atoms with Crippen molar-refractivity contribution < 1.29 is 13.9 Å². The van der Waals surface area contributed by atoms with Gasteiger partial charge >= 0.3 is 5.63 Å². The molecule has 0 saturated heterocycles. The zero-order chi connectivity index (χ0) is 18.3. The van der Waals surface area contributed by atoms with Crippen LogP contribution in [0.15, 0.2) is 69.9 Å². The number of carbonyl (C=O) groups excluding carboxylic acids is 1. The Bertz CT molecular complexity index is 1020. The van der Waals surface area contributed by atoms with Gasteiger partial charge in [0.15, 0.2) is 6.10 Å². The van der Waals surface area contributed by atoms with Crippen LogP contribution in [0.5, 0.6) is 5.75 Å². The van der Waals surface area contributed by atoms with Crippen molar-refractivity contribution in [3.05, 3.63) is 98.6 Å². The number of rotatable bonds is 3. The number of benzene rings is 2. The second-order valence-electron chi connectivity index (χ2n) is 6.22. The van der Waals surface area contributed by atoms with Gasteiger partial charge < -0.3 is 9.15 Å². The van der Waals surface area contributed by atoms with E-state index in [1.807, 2.05) is 6.07 Å². The highest BCUT2D eigenvalue weighted by Crippen LogP contribution is 2.42. The summed E-state index contributed by atoms with van der Waals surface area (Å²) in [4.78, 5) is 25.6. The summed E-state index contributed by atoms with van der Waals surface area (Å²) in [6.07, 6.45) is -0.835. The molecule has 26 heavy (non-hydrogen) atoms. The third-order valence-electron chi connectivity index (χ3n) is 4.49. The van der Waals surface area contributed by atoms with Crippen molar-refractivity contribution in [3.63, 3.8) is 0 Å². The molecule has 0 fully saturated rings. The minimum Gasteiger partial charge on any atom is -0.481 e. The standard InChI is InChI=1S/C21H15ClO4/c1-12-11-16-18(21(24)25-12)17(13-7-9-15(22)10-8-13)20(26-16)19(23)14-5-3-2-4-6-14/h2-11,17,20H,1H3/t17-,20-/m1/s1. The van der Waals surface area contributed by atoms with Gasteiger partial charge in [0.05, 0.1) is 11.5 Å². The highest BCUT2D eigenvalue weighted by Gasteiger charge is 2.43. The van der Waals surface area contributed by atoms with Gasteiger partial charge in [-0.2, -0.15) is 0 Å². The van der Waals surface area contributed by atoms with Crippen LogP contribution >= 0.6 is 11.6 Å². The number of ketones is 1. The van der Waals surface area contributed by atoms with Crippen molar-refractivity contribution >= 4 is 17.4 Å². The molecule has 1 aliphatic rings. The molecule has 0 amide bonds. The Hall–Kier alpha value is -2.85. The summed E-state index contributed by atoms with van der Waals surface area (Å²) >= 11 is 5.99. The van der Waals surface area contributed by atoms with Gasteiger partial charge in [0.2, 0.25) is 5.78 Å². The molecule has 2 aromatic carbocycles. The van der Waals surface area contributed by atoms with Crippen LogP contribution in [0.1, 0.15) is 33.2 Å². The fraction of sp³-hybridized carbons (Fsp3) is 0.143. The van der Waals surface area contributed by atoms with Crippen LogP contribution in [0.2, 0.25) is 5.02 Å². The third kappa shape index (κ3) is 2.82. The van der Waals surface area contributed by atoms with E-state index in [2.05, 4.69) is 0 Å². The molecule has 5 heteroatoms. The Morgan fingerprint density at radius 3 is 2.42 bits per heavy atom. The summed E-state index contributed by atoms with van der Waals surface area (Å²) in [5, 5.41) is 0.578. The van der Waals surface area contributed by atoms with E-state index in [9.17, 15) is 9.59 Å². The molecule has 0 spiro atoms. The minimum absolute atomic E-state index is 0.182. The Labute approximate surface area is 155 Å². The first-order valence-electron chi connectivity index (χ1n) is 8.20. The first kappa shape index (κ1) is 16.6. The van der Waals surface area contributed by atoms with Crippen LogP contribution in [0.3, 0.4) is 0 Å². The SMILES string of the molecule is Cc1cc2c(c(=O)o1)[C@@H](c1ccc(Cl)cc1)[C@H](C(=O)c1ccccc1)O2. The molecule has 1 aromatic heterocycles. The maximum Gasteiger partial charge on any atom is 0.343 e. The molecule has 0 bridgehead atoms. The Balaban J connectivity index is 1.86. The molecule has 0 unspecified atom stereocenters. The lowest BCUT2D eigenvalue weighted by molar-refractivity contribution is 0.0806. The average Bonchev–Trinajstić information content (AvgIpc) is 3.02. The summed E-state index contributed by atoms with van der Waals surface area (Å²) in [5.41, 5.74) is 1.19. The molecule has 3 aromatic rings. The number of halogens is 1. The van der Waals surface area contributed by atoms with Gasteiger partial charge in [-0.15, -0.1) is 0 Å². The predicted molar refractivity (Wildman–Crippen MR) is 98.2 cm³/mol. The molecule has 2 heterocycles. The van der Waals surface area contributed by atoms with E-state index in [-0.39, 0.29) is 5.78 Å². The van der Waals surface area contributed by atoms with Crippen LogP contribution in [0.25, 0.3) is 0 Å². The molecule has 0 aliphatic carbocycles. The fourth-order valence-corrected chi connectivity index (χ4v) is 3.44. The molecule has 4 nitrogen and oxygen atoms in total. The zero-order valence-corrected chi connectivity index (χ0v) is 14.7. The topological polar surface area (TPSA) is 56.5 Å². The number of ether oxygens (including phenoxy) is 1. The summed E-state index contributed by atoms with van der Waals surface area (Å²) in [5.74, 6) is 0.107. The predicted octanol–water partition coefficient (Wildman–Crippen LogP) is 4.38. The lowest BCUT2D eigenvalue weighted by Crippen LogP contribution is -2.31. The quantitative estimate of drug-likeness (QED) is 0.645. The van der Waals surface area contributed by atoms with E-state index in [1.165, 1.54) is 0 Å². The second kappa shape index (κ2) is 6.46. The van der Waals surface area contributed by atoms with Gasteiger partial charge in [-0.3, -0.25) is 4.79 Å². The van der Waals surface area contributed by atoms with E-state index >= 15 is 0 Å². The molecular formula is C21H15ClO4. The van der Waals surface area contributed by atoms with Crippen LogP contribution in [0.4, 0.5) is 0 Å². The number of fused-ring (bicyclic) bond motifs is 1. The van der Waals surface area contributed by atoms with E-state index < -0.39 is 17.6 Å². The summed E-state index contributed by atoms with van der Waals surface area (Å²) < 4.78 is 11.2. The van der Waals surface area contributed by atoms with Gasteiger partial charge in [-0.1, -0.05) is 54.1 Å². The normalized spacial score (nSPS) is 18.2. The molecule has 0 radical (unpaired) electrons. The van der Waals surface area contributed by atoms with Crippen molar-refractivity contribution in [1.82, 2.24) is 0 Å². The molecule has 130 valence electrons. The van der Waals surface area contributed by atoms with Crippen molar-refractivity contribution in [2.75, 3.05) is 0 Å². The lowest BCUT2D eigenvalue weighted by atomic mass is 9.85. The summed E-state index contributed by atoms with van der Waals surface area (Å²) in [7, 11) is 0. The van der Waals surface area contributed by atoms with Gasteiger partial charge in [0.1, 0.15) is 11.5 Å². The van der Waals surface area contributed by atoms with E-state index in [1.54, 1.807) is 61.5 Å². The van der Waals surface area contributed by atoms with Gasteiger partial charge in [-0.25, -0.2) is 4.79 Å². The average molecular weight is 367 g/mol. The van der Waals surface area contributed by atoms with Crippen molar-refractivity contribution in [3.8, 4) is 5.75 Å². The fourth-order valence-electron chi connectivity index (χ4n) is 3.31. The number of Topliss-reactive ketones (excluding diaryl/α,β-unsaturated/α-hetero) is 1. The Morgan fingerprint density at radius 2 is 1.73 bits per heavy atom. The number of hydrogen-bond acceptors (Lipinski definition) is 4. The first-order valence-corrected chi connectivity index (χ1v) is 8.58. The van der Waals surface area contributed by atoms with Gasteiger partial charge in [-0.05, 0) is 24.6 Å². The molecule has 0 N–H and O–H groups in total. The van der Waals surface area contributed by atoms with Gasteiger partial charge in [0.25, 0.3) is 0 Å². The second-order valence-corrected chi connectivity index (χ2v) is 6.66. The number of aryl methyl sites for hydroxylation is 1. The molecule has 2 atom stereocenters. The molecule has 1 aliphatic heterocycles. The van der Waals surface area contributed by atoms with Crippen LogP contribution < -0.4 is 10.4 Å². The Kier molecular flexibility index (Phi) is 4.13. The smallest absolute Gasteiger partial charge is 0.343 e. The maximum atomic E-state index is 13.1. The highest BCUT2D eigenvalue weighted by atomic mass is 35.5. The van der Waals surface area contributed by atoms with Crippen molar-refractivity contribution in [2.24, 2.45) is 0 Å². The van der Waals surface area contributed by atoms with Crippen LogP contribution in [0, 0.1) is 6.92 Å². The largest absolute Gasteiger partial charge is 0.481 e. The summed E-state index contributed by atoms with van der Waals surface area (Å²) in [6, 6.07) is 17.6. The molecular weight excluding hydrogens is 352 g/mol. The first-order chi connectivity index (χ1) is 12.5. The van der Waals surface area contributed by atoms with Gasteiger partial charge in [0, 0.05) is 16.7 Å². The monoisotopic (exact) mass is 366 g/mol. The number of hydrogen-bond donors (Lipinski definition) is 0. The van der Waals surface area contributed by atoms with Crippen LogP contribution in [-0.4, -0.2) is 11.9 Å². The van der Waals surface area contributed by atoms with E-state index in [4.69, 9.17) is 20.8 Å². The summed E-state index contributed by atoms with van der Waals surface area (Å²) in [6.45, 7) is 1.68. The van der Waals surface area contributed by atoms with Crippen molar-refractivity contribution in [2.45, 2.75) is 18.9 Å². The van der Waals surface area contributed by atoms with Crippen molar-refractivity contribution in [1.29, 1.82) is 0 Å². The van der Waals surface area contributed by atoms with E-state index in [0.29, 0.717) is 27.7 Å². The molecule has 4 rings (SSSR count).